The summed E-state index contributed by atoms with van der Waals surface area (Å²) in [5.41, 5.74) is 0.249. The Morgan fingerprint density at radius 3 is 2.58 bits per heavy atom. The quantitative estimate of drug-likeness (QED) is 0.524. The van der Waals surface area contributed by atoms with Crippen molar-refractivity contribution < 1.29 is 8.78 Å². The summed E-state index contributed by atoms with van der Waals surface area (Å²) in [7, 11) is 0. The Labute approximate surface area is 118 Å². The SMILES string of the molecule is CSc1nc(Cl)cc(Nc2cc(F)c(C)cc2F)n1. The minimum absolute atomic E-state index is 0.00456. The zero-order chi connectivity index (χ0) is 14.0. The van der Waals surface area contributed by atoms with Gasteiger partial charge in [-0.25, -0.2) is 18.7 Å². The summed E-state index contributed by atoms with van der Waals surface area (Å²) in [6.07, 6.45) is 1.79. The maximum atomic E-state index is 13.7. The van der Waals surface area contributed by atoms with Crippen LogP contribution in [0.1, 0.15) is 5.56 Å². The highest BCUT2D eigenvalue weighted by molar-refractivity contribution is 7.98. The molecule has 1 aromatic carbocycles. The van der Waals surface area contributed by atoms with E-state index in [2.05, 4.69) is 15.3 Å². The van der Waals surface area contributed by atoms with Crippen LogP contribution in [0.3, 0.4) is 0 Å². The summed E-state index contributed by atoms with van der Waals surface area (Å²) < 4.78 is 27.1. The molecule has 7 heteroatoms. The molecular weight excluding hydrogens is 292 g/mol. The lowest BCUT2D eigenvalue weighted by Gasteiger charge is -2.09. The van der Waals surface area contributed by atoms with Gasteiger partial charge in [0.15, 0.2) is 5.16 Å². The highest BCUT2D eigenvalue weighted by atomic mass is 35.5. The van der Waals surface area contributed by atoms with Crippen LogP contribution < -0.4 is 5.32 Å². The summed E-state index contributed by atoms with van der Waals surface area (Å²) >= 11 is 7.12. The number of halogens is 3. The number of hydrogen-bond acceptors (Lipinski definition) is 4. The molecule has 0 atom stereocenters. The predicted molar refractivity (Wildman–Crippen MR) is 73.2 cm³/mol. The van der Waals surface area contributed by atoms with Gasteiger partial charge in [-0.2, -0.15) is 0 Å². The van der Waals surface area contributed by atoms with E-state index in [0.717, 1.165) is 12.1 Å². The molecule has 0 saturated carbocycles. The van der Waals surface area contributed by atoms with Crippen molar-refractivity contribution in [3.8, 4) is 0 Å². The lowest BCUT2D eigenvalue weighted by Crippen LogP contribution is -2.00. The summed E-state index contributed by atoms with van der Waals surface area (Å²) in [5.74, 6) is -0.736. The van der Waals surface area contributed by atoms with Crippen molar-refractivity contribution in [3.05, 3.63) is 40.6 Å². The topological polar surface area (TPSA) is 37.8 Å². The van der Waals surface area contributed by atoms with E-state index >= 15 is 0 Å². The maximum absolute atomic E-state index is 13.7. The van der Waals surface area contributed by atoms with Crippen molar-refractivity contribution in [2.75, 3.05) is 11.6 Å². The number of thioether (sulfide) groups is 1. The van der Waals surface area contributed by atoms with Crippen LogP contribution in [0.4, 0.5) is 20.3 Å². The number of aromatic nitrogens is 2. The van der Waals surface area contributed by atoms with Crippen LogP contribution in [0.5, 0.6) is 0 Å². The first-order valence-corrected chi connectivity index (χ1v) is 6.91. The van der Waals surface area contributed by atoms with Crippen molar-refractivity contribution in [1.82, 2.24) is 9.97 Å². The molecule has 0 aliphatic carbocycles. The van der Waals surface area contributed by atoms with E-state index in [4.69, 9.17) is 11.6 Å². The number of nitrogens with zero attached hydrogens (tertiary/aromatic N) is 2. The summed E-state index contributed by atoms with van der Waals surface area (Å²) in [5, 5.41) is 3.37. The van der Waals surface area contributed by atoms with E-state index < -0.39 is 11.6 Å². The maximum Gasteiger partial charge on any atom is 0.190 e. The van der Waals surface area contributed by atoms with Gasteiger partial charge in [-0.1, -0.05) is 23.4 Å². The molecule has 0 saturated heterocycles. The average molecular weight is 302 g/mol. The fourth-order valence-corrected chi connectivity index (χ4v) is 2.04. The van der Waals surface area contributed by atoms with Crippen LogP contribution in [-0.2, 0) is 0 Å². The third-order valence-corrected chi connectivity index (χ3v) is 3.11. The Morgan fingerprint density at radius 1 is 1.16 bits per heavy atom. The molecule has 0 amide bonds. The van der Waals surface area contributed by atoms with Gasteiger partial charge in [-0.3, -0.25) is 0 Å². The van der Waals surface area contributed by atoms with Gasteiger partial charge in [0.1, 0.15) is 22.6 Å². The van der Waals surface area contributed by atoms with Crippen molar-refractivity contribution >= 4 is 34.9 Å². The number of hydrogen-bond donors (Lipinski definition) is 1. The third kappa shape index (κ3) is 3.33. The van der Waals surface area contributed by atoms with E-state index in [9.17, 15) is 8.78 Å². The van der Waals surface area contributed by atoms with Crippen molar-refractivity contribution in [1.29, 1.82) is 0 Å². The van der Waals surface area contributed by atoms with Crippen LogP contribution in [-0.4, -0.2) is 16.2 Å². The van der Waals surface area contributed by atoms with Crippen molar-refractivity contribution in [2.24, 2.45) is 0 Å². The van der Waals surface area contributed by atoms with Gasteiger partial charge in [0.2, 0.25) is 0 Å². The van der Waals surface area contributed by atoms with Crippen molar-refractivity contribution in [3.63, 3.8) is 0 Å². The highest BCUT2D eigenvalue weighted by Crippen LogP contribution is 2.24. The zero-order valence-electron chi connectivity index (χ0n) is 10.2. The molecule has 0 spiro atoms. The molecule has 2 rings (SSSR count). The smallest absolute Gasteiger partial charge is 0.190 e. The predicted octanol–water partition coefficient (Wildman–Crippen LogP) is 4.18. The number of benzene rings is 1. The molecule has 0 aliphatic rings. The molecule has 3 nitrogen and oxygen atoms in total. The van der Waals surface area contributed by atoms with Gasteiger partial charge in [-0.05, 0) is 24.8 Å². The molecular formula is C12H10ClF2N3S. The van der Waals surface area contributed by atoms with Crippen molar-refractivity contribution in [2.45, 2.75) is 12.1 Å². The minimum atomic E-state index is -0.556. The Balaban J connectivity index is 2.36. The van der Waals surface area contributed by atoms with Gasteiger partial charge in [-0.15, -0.1) is 0 Å². The molecule has 1 aromatic heterocycles. The van der Waals surface area contributed by atoms with Gasteiger partial charge >= 0.3 is 0 Å². The molecule has 0 unspecified atom stereocenters. The summed E-state index contributed by atoms with van der Waals surface area (Å²) in [6, 6.07) is 3.65. The second-order valence-corrected chi connectivity index (χ2v) is 4.93. The normalized spacial score (nSPS) is 10.6. The summed E-state index contributed by atoms with van der Waals surface area (Å²) in [4.78, 5) is 8.07. The number of aryl methyl sites for hydroxylation is 1. The largest absolute Gasteiger partial charge is 0.338 e. The lowest BCUT2D eigenvalue weighted by atomic mass is 10.2. The second kappa shape index (κ2) is 5.71. The Bertz CT molecular complexity index is 622. The molecule has 2 aromatic rings. The average Bonchev–Trinajstić information content (AvgIpc) is 2.35. The molecule has 0 fully saturated rings. The van der Waals surface area contributed by atoms with Gasteiger partial charge < -0.3 is 5.32 Å². The standard InChI is InChI=1S/C12H10ClF2N3S/c1-6-3-8(15)9(4-7(6)14)16-11-5-10(13)17-12(18-11)19-2/h3-5H,1-2H3,(H,16,17,18). The molecule has 0 aliphatic heterocycles. The Kier molecular flexibility index (Phi) is 4.21. The molecule has 19 heavy (non-hydrogen) atoms. The van der Waals surface area contributed by atoms with Crippen LogP contribution >= 0.6 is 23.4 Å². The van der Waals surface area contributed by atoms with E-state index in [0.29, 0.717) is 11.0 Å². The number of nitrogens with one attached hydrogen (secondary N) is 1. The molecule has 0 radical (unpaired) electrons. The van der Waals surface area contributed by atoms with E-state index in [-0.39, 0.29) is 16.4 Å². The molecule has 1 heterocycles. The van der Waals surface area contributed by atoms with E-state index in [1.165, 1.54) is 24.8 Å². The van der Waals surface area contributed by atoms with Gasteiger partial charge in [0.25, 0.3) is 0 Å². The van der Waals surface area contributed by atoms with Gasteiger partial charge in [0, 0.05) is 12.1 Å². The number of anilines is 2. The zero-order valence-corrected chi connectivity index (χ0v) is 11.7. The molecule has 0 bridgehead atoms. The first-order chi connectivity index (χ1) is 8.99. The molecule has 100 valence electrons. The fraction of sp³-hybridized carbons (Fsp3) is 0.167. The first-order valence-electron chi connectivity index (χ1n) is 5.31. The summed E-state index contributed by atoms with van der Waals surface area (Å²) in [6.45, 7) is 1.50. The van der Waals surface area contributed by atoms with Gasteiger partial charge in [0.05, 0.1) is 5.69 Å². The highest BCUT2D eigenvalue weighted by Gasteiger charge is 2.09. The van der Waals surface area contributed by atoms with Crippen LogP contribution in [0.2, 0.25) is 5.15 Å². The molecule has 1 N–H and O–H groups in total. The minimum Gasteiger partial charge on any atom is -0.338 e. The lowest BCUT2D eigenvalue weighted by molar-refractivity contribution is 0.595. The fourth-order valence-electron chi connectivity index (χ4n) is 1.43. The van der Waals surface area contributed by atoms with Crippen LogP contribution in [0, 0.1) is 18.6 Å². The monoisotopic (exact) mass is 301 g/mol. The van der Waals surface area contributed by atoms with E-state index in [1.54, 1.807) is 6.26 Å². The third-order valence-electron chi connectivity index (χ3n) is 2.37. The van der Waals surface area contributed by atoms with E-state index in [1.807, 2.05) is 0 Å². The van der Waals surface area contributed by atoms with Crippen LogP contribution in [0.25, 0.3) is 0 Å². The second-order valence-electron chi connectivity index (χ2n) is 3.77. The van der Waals surface area contributed by atoms with Crippen LogP contribution in [0.15, 0.2) is 23.4 Å². The Hall–Kier alpha value is -1.40. The number of rotatable bonds is 3. The Morgan fingerprint density at radius 2 is 1.89 bits per heavy atom. The first kappa shape index (κ1) is 14.0.